The van der Waals surface area contributed by atoms with Crippen LogP contribution in [0.5, 0.6) is 0 Å². The van der Waals surface area contributed by atoms with Gasteiger partial charge in [-0.3, -0.25) is 32.5 Å². The third kappa shape index (κ3) is 88.3. The van der Waals surface area contributed by atoms with Gasteiger partial charge in [-0.1, -0.05) is 392 Å². The molecule has 0 rings (SSSR count). The summed E-state index contributed by atoms with van der Waals surface area (Å²) in [6.07, 6.45) is 108. The van der Waals surface area contributed by atoms with E-state index in [1.807, 2.05) is 0 Å². The van der Waals surface area contributed by atoms with Crippen LogP contribution in [0.15, 0.2) is 134 Å². The predicted molar refractivity (Wildman–Crippen MR) is 473 cm³/mol. The molecule has 0 aliphatic heterocycles. The zero-order valence-corrected chi connectivity index (χ0v) is 73.6. The van der Waals surface area contributed by atoms with Crippen molar-refractivity contribution in [3.8, 4) is 0 Å². The lowest BCUT2D eigenvalue weighted by Crippen LogP contribution is -2.30. The summed E-state index contributed by atoms with van der Waals surface area (Å²) >= 11 is 0. The molecule has 5 atom stereocenters. The second-order valence-corrected chi connectivity index (χ2v) is 33.3. The second kappa shape index (κ2) is 87.0. The van der Waals surface area contributed by atoms with E-state index in [0.29, 0.717) is 19.3 Å². The highest BCUT2D eigenvalue weighted by atomic mass is 31.2. The zero-order chi connectivity index (χ0) is 82.2. The van der Waals surface area contributed by atoms with E-state index < -0.39 is 91.5 Å². The Bertz CT molecular complexity index is 2580. The molecule has 0 fully saturated rings. The van der Waals surface area contributed by atoms with Crippen LogP contribution in [0.1, 0.15) is 393 Å². The fourth-order valence-electron chi connectivity index (χ4n) is 12.5. The summed E-state index contributed by atoms with van der Waals surface area (Å²) in [6, 6.07) is 0. The van der Waals surface area contributed by atoms with E-state index in [9.17, 15) is 43.5 Å². The van der Waals surface area contributed by atoms with Crippen molar-refractivity contribution >= 4 is 33.6 Å². The van der Waals surface area contributed by atoms with E-state index in [1.54, 1.807) is 0 Å². The number of esters is 3. The molecule has 0 aliphatic rings. The number of aliphatic hydroxyl groups is 2. The second-order valence-electron chi connectivity index (χ2n) is 30.4. The lowest BCUT2D eigenvalue weighted by Gasteiger charge is -2.21. The van der Waals surface area contributed by atoms with E-state index in [1.165, 1.54) is 186 Å². The maximum atomic E-state index is 13.0. The number of aliphatic hydroxyl groups excluding tert-OH is 2. The molecule has 0 bridgehead atoms. The normalized spacial score (nSPS) is 14.4. The van der Waals surface area contributed by atoms with Gasteiger partial charge >= 0.3 is 33.6 Å². The van der Waals surface area contributed by atoms with Crippen LogP contribution in [0.4, 0.5) is 0 Å². The Kier molecular flexibility index (Phi) is 83.7. The van der Waals surface area contributed by atoms with Crippen molar-refractivity contribution < 1.29 is 75.8 Å². The van der Waals surface area contributed by atoms with Gasteiger partial charge in [0.1, 0.15) is 25.4 Å². The van der Waals surface area contributed by atoms with Gasteiger partial charge in [-0.25, -0.2) is 9.13 Å². The molecule has 0 radical (unpaired) electrons. The summed E-state index contributed by atoms with van der Waals surface area (Å²) in [4.78, 5) is 58.9. The number of allylic oxidation sites excluding steroid dienone is 22. The van der Waals surface area contributed by atoms with Gasteiger partial charge in [-0.05, 0) is 116 Å². The smallest absolute Gasteiger partial charge is 0.463 e. The summed E-state index contributed by atoms with van der Waals surface area (Å²) in [6.45, 7) is 2.52. The minimum atomic E-state index is -4.93. The van der Waals surface area contributed by atoms with Crippen molar-refractivity contribution in [2.75, 3.05) is 39.6 Å². The third-order valence-electron chi connectivity index (χ3n) is 19.4. The average molecular weight is 1630 g/mol. The number of phosphoric acid groups is 2. The zero-order valence-electron chi connectivity index (χ0n) is 71.8. The maximum absolute atomic E-state index is 13.0. The molecule has 0 heterocycles. The van der Waals surface area contributed by atoms with E-state index >= 15 is 0 Å². The van der Waals surface area contributed by atoms with E-state index in [4.69, 9.17) is 32.3 Å². The SMILES string of the molecule is CC/C=C\C/C=C\C/C=C\C/C=C\C/C=C\C/C=C\CCCCCCCCCCCCCCCCC(=O)OCC(O)COP(=O)(O)OCC(O)COP(=O)(O)OCC(COC(=O)CCCCCCCCCCCCCCC/C=C\C/C=C\C/C=C\C/C=C\C/C=C\CC)OC(=O)CCCCCCCCCCCCCCCCC. The Balaban J connectivity index is 4.45. The van der Waals surface area contributed by atoms with Crippen LogP contribution >= 0.6 is 15.6 Å². The average Bonchev–Trinajstić information content (AvgIpc) is 0.903. The largest absolute Gasteiger partial charge is 0.472 e. The molecule has 0 amide bonds. The van der Waals surface area contributed by atoms with Crippen molar-refractivity contribution in [1.82, 2.24) is 0 Å². The number of carbonyl (C=O) groups is 3. The van der Waals surface area contributed by atoms with Crippen LogP contribution in [-0.2, 0) is 55.8 Å². The fraction of sp³-hybridized carbons (Fsp3) is 0.737. The lowest BCUT2D eigenvalue weighted by atomic mass is 10.0. The van der Waals surface area contributed by atoms with E-state index in [2.05, 4.69) is 154 Å². The molecule has 0 aromatic heterocycles. The van der Waals surface area contributed by atoms with Gasteiger partial charge in [0.15, 0.2) is 6.10 Å². The molecule has 5 unspecified atom stereocenters. The van der Waals surface area contributed by atoms with Crippen LogP contribution in [-0.4, -0.2) is 95.9 Å². The molecule has 0 spiro atoms. The molecule has 113 heavy (non-hydrogen) atoms. The van der Waals surface area contributed by atoms with Gasteiger partial charge in [0, 0.05) is 19.3 Å². The van der Waals surface area contributed by atoms with Crippen LogP contribution < -0.4 is 0 Å². The quantitative estimate of drug-likeness (QED) is 0.0146. The number of rotatable bonds is 86. The Hall–Kier alpha value is -4.31. The first-order valence-electron chi connectivity index (χ1n) is 45.5. The first-order valence-corrected chi connectivity index (χ1v) is 48.5. The van der Waals surface area contributed by atoms with E-state index in [-0.39, 0.29) is 19.3 Å². The van der Waals surface area contributed by atoms with Crippen LogP contribution in [0.25, 0.3) is 0 Å². The molecular weight excluding hydrogens is 1460 g/mol. The Morgan fingerprint density at radius 3 is 0.743 bits per heavy atom. The standard InChI is InChI=1S/C95H166O16P2/c1-4-7-10-13-16-19-22-25-28-30-32-34-36-38-40-42-43-44-45-47-49-50-52-54-56-58-61-63-66-69-72-75-78-81-93(98)105-84-90(96)85-107-112(101,102)108-86-91(97)87-109-113(103,104)110-89-92(111-95(100)83-80-77-74-71-68-65-60-27-24-21-18-15-12-9-6-3)88-106-94(99)82-79-76-73-70-67-64-62-59-57-55-53-51-48-46-41-39-37-35-33-31-29-26-23-20-17-14-11-8-5-2/h7-8,10-11,16-17,19-20,25-26,28-29,32-35,38-41,43-44,90-92,96-97H,4-6,9,12-15,18,21-24,27,30-31,36-37,42,45-89H2,1-3H3,(H,101,102)(H,103,104)/b10-7-,11-8-,19-16-,20-17-,28-25-,29-26-,34-32-,35-33-,40-38-,41-39-,44-43-. The first kappa shape index (κ1) is 109. The predicted octanol–water partition coefficient (Wildman–Crippen LogP) is 27.8. The van der Waals surface area contributed by atoms with Crippen molar-refractivity contribution in [2.24, 2.45) is 0 Å². The first-order chi connectivity index (χ1) is 55.2. The molecule has 18 heteroatoms. The summed E-state index contributed by atoms with van der Waals surface area (Å²) < 4.78 is 61.4. The van der Waals surface area contributed by atoms with Crippen LogP contribution in [0, 0.1) is 0 Å². The minimum Gasteiger partial charge on any atom is -0.463 e. The molecule has 0 saturated carbocycles. The van der Waals surface area contributed by atoms with Crippen molar-refractivity contribution in [2.45, 2.75) is 411 Å². The Morgan fingerprint density at radius 1 is 0.257 bits per heavy atom. The number of hydrogen-bond donors (Lipinski definition) is 4. The molecule has 0 aromatic rings. The fourth-order valence-corrected chi connectivity index (χ4v) is 14.1. The van der Waals surface area contributed by atoms with E-state index in [0.717, 1.165) is 148 Å². The molecule has 0 aliphatic carbocycles. The monoisotopic (exact) mass is 1630 g/mol. The minimum absolute atomic E-state index is 0.108. The third-order valence-corrected chi connectivity index (χ3v) is 21.3. The van der Waals surface area contributed by atoms with Gasteiger partial charge in [0.25, 0.3) is 0 Å². The van der Waals surface area contributed by atoms with Gasteiger partial charge in [-0.2, -0.15) is 0 Å². The van der Waals surface area contributed by atoms with Gasteiger partial charge in [0.05, 0.1) is 26.4 Å². The Labute approximate surface area is 690 Å². The summed E-state index contributed by atoms with van der Waals surface area (Å²) in [7, 11) is -9.79. The van der Waals surface area contributed by atoms with Gasteiger partial charge in [-0.15, -0.1) is 0 Å². The van der Waals surface area contributed by atoms with Crippen molar-refractivity contribution in [3.63, 3.8) is 0 Å². The summed E-state index contributed by atoms with van der Waals surface area (Å²) in [5, 5.41) is 20.7. The molecule has 0 aromatic carbocycles. The number of phosphoric ester groups is 2. The lowest BCUT2D eigenvalue weighted by molar-refractivity contribution is -0.161. The molecule has 0 saturated heterocycles. The topological polar surface area (TPSA) is 231 Å². The molecule has 652 valence electrons. The van der Waals surface area contributed by atoms with Crippen LogP contribution in [0.2, 0.25) is 0 Å². The number of unbranched alkanes of at least 4 members (excludes halogenated alkanes) is 41. The molecule has 16 nitrogen and oxygen atoms in total. The number of ether oxygens (including phenoxy) is 3. The Morgan fingerprint density at radius 2 is 0.469 bits per heavy atom. The highest BCUT2D eigenvalue weighted by molar-refractivity contribution is 7.47. The highest BCUT2D eigenvalue weighted by Gasteiger charge is 2.29. The van der Waals surface area contributed by atoms with Gasteiger partial charge in [0.2, 0.25) is 0 Å². The van der Waals surface area contributed by atoms with Crippen molar-refractivity contribution in [3.05, 3.63) is 134 Å². The maximum Gasteiger partial charge on any atom is 0.472 e. The van der Waals surface area contributed by atoms with Gasteiger partial charge < -0.3 is 34.2 Å². The summed E-state index contributed by atoms with van der Waals surface area (Å²) in [5.74, 6) is -1.56. The number of carbonyl (C=O) groups excluding carboxylic acids is 3. The molecular formula is C95H166O16P2. The molecule has 4 N–H and O–H groups in total. The van der Waals surface area contributed by atoms with Crippen molar-refractivity contribution in [1.29, 1.82) is 0 Å². The highest BCUT2D eigenvalue weighted by Crippen LogP contribution is 2.45. The number of hydrogen-bond acceptors (Lipinski definition) is 14. The van der Waals surface area contributed by atoms with Crippen LogP contribution in [0.3, 0.4) is 0 Å². The summed E-state index contributed by atoms with van der Waals surface area (Å²) in [5.41, 5.74) is 0.